The van der Waals surface area contributed by atoms with Crippen molar-refractivity contribution in [3.8, 4) is 0 Å². The number of carbonyl (C=O) groups excluding carboxylic acids is 2. The molecule has 0 aliphatic heterocycles. The Morgan fingerprint density at radius 2 is 1.52 bits per heavy atom. The minimum Gasteiger partial charge on any atom is -0.345 e. The van der Waals surface area contributed by atoms with Gasteiger partial charge >= 0.3 is 0 Å². The number of Topliss-reactive ketones (excluding diaryl/α,β-unsaturated/α-hetero) is 1. The van der Waals surface area contributed by atoms with Crippen LogP contribution < -0.4 is 5.32 Å². The molecule has 23 heavy (non-hydrogen) atoms. The minimum atomic E-state index is -0.433. The van der Waals surface area contributed by atoms with E-state index in [0.29, 0.717) is 5.92 Å². The van der Waals surface area contributed by atoms with E-state index in [0.717, 1.165) is 12.3 Å². The van der Waals surface area contributed by atoms with Gasteiger partial charge in [0.05, 0.1) is 6.04 Å². The number of nitrogens with one attached hydrogen (secondary N) is 1. The summed E-state index contributed by atoms with van der Waals surface area (Å²) in [4.78, 5) is 25.4. The number of hydrogen-bond donors (Lipinski definition) is 1. The van der Waals surface area contributed by atoms with Gasteiger partial charge in [-0.2, -0.15) is 0 Å². The highest BCUT2D eigenvalue weighted by atomic mass is 16.2. The van der Waals surface area contributed by atoms with Gasteiger partial charge in [0.1, 0.15) is 0 Å². The van der Waals surface area contributed by atoms with E-state index < -0.39 is 11.5 Å². The fourth-order valence-corrected chi connectivity index (χ4v) is 3.96. The first-order valence-corrected chi connectivity index (χ1v) is 9.36. The van der Waals surface area contributed by atoms with Crippen LogP contribution in [-0.4, -0.2) is 17.7 Å². The lowest BCUT2D eigenvalue weighted by molar-refractivity contribution is -0.135. The van der Waals surface area contributed by atoms with Gasteiger partial charge in [-0.05, 0) is 23.7 Å². The number of carbonyl (C=O) groups is 2. The Morgan fingerprint density at radius 3 is 2.00 bits per heavy atom. The zero-order valence-corrected chi connectivity index (χ0v) is 15.9. The molecule has 2 aliphatic carbocycles. The van der Waals surface area contributed by atoms with E-state index in [1.165, 1.54) is 32.1 Å². The van der Waals surface area contributed by atoms with Crippen LogP contribution in [-0.2, 0) is 9.59 Å². The number of rotatable bonds is 4. The minimum absolute atomic E-state index is 0.109. The normalized spacial score (nSPS) is 27.4. The highest BCUT2D eigenvalue weighted by molar-refractivity contribution is 5.94. The maximum atomic E-state index is 12.8. The lowest BCUT2D eigenvalue weighted by Crippen LogP contribution is -2.53. The third kappa shape index (κ3) is 4.58. The van der Waals surface area contributed by atoms with Crippen molar-refractivity contribution in [3.63, 3.8) is 0 Å². The highest BCUT2D eigenvalue weighted by Crippen LogP contribution is 2.49. The van der Waals surface area contributed by atoms with Gasteiger partial charge in [-0.25, -0.2) is 0 Å². The lowest BCUT2D eigenvalue weighted by atomic mass is 9.75. The fourth-order valence-electron chi connectivity index (χ4n) is 3.96. The molecule has 0 aromatic carbocycles. The van der Waals surface area contributed by atoms with Crippen LogP contribution in [0, 0.1) is 28.6 Å². The van der Waals surface area contributed by atoms with Gasteiger partial charge in [-0.15, -0.1) is 0 Å². The first kappa shape index (κ1) is 18.5. The van der Waals surface area contributed by atoms with Crippen LogP contribution in [0.2, 0.25) is 0 Å². The highest BCUT2D eigenvalue weighted by Gasteiger charge is 2.49. The molecule has 0 saturated heterocycles. The standard InChI is InChI=1S/C20H35NO2/c1-19(2,3)16(17(22)20(4,5)6)21-18(23)15-12-14(15)13-10-8-7-9-11-13/h13-16H,7-12H2,1-6H3,(H,21,23)/t14?,15-,16-/m1/s1. The Morgan fingerprint density at radius 1 is 0.957 bits per heavy atom. The molecule has 132 valence electrons. The second kappa shape index (κ2) is 6.57. The zero-order chi connectivity index (χ0) is 17.4. The molecule has 0 aromatic heterocycles. The molecule has 2 saturated carbocycles. The molecule has 0 spiro atoms. The summed E-state index contributed by atoms with van der Waals surface area (Å²) in [5.41, 5.74) is -0.688. The zero-order valence-electron chi connectivity index (χ0n) is 15.9. The fraction of sp³-hybridized carbons (Fsp3) is 0.900. The lowest BCUT2D eigenvalue weighted by Gasteiger charge is -2.35. The van der Waals surface area contributed by atoms with E-state index in [9.17, 15) is 9.59 Å². The molecule has 0 heterocycles. The Balaban J connectivity index is 1.98. The van der Waals surface area contributed by atoms with Crippen molar-refractivity contribution in [1.29, 1.82) is 0 Å². The summed E-state index contributed by atoms with van der Waals surface area (Å²) in [6.45, 7) is 11.9. The average Bonchev–Trinajstić information content (AvgIpc) is 3.23. The molecule has 0 radical (unpaired) electrons. The van der Waals surface area contributed by atoms with E-state index in [1.54, 1.807) is 0 Å². The monoisotopic (exact) mass is 321 g/mol. The van der Waals surface area contributed by atoms with Crippen molar-refractivity contribution in [2.75, 3.05) is 0 Å². The summed E-state index contributed by atoms with van der Waals surface area (Å²) >= 11 is 0. The first-order chi connectivity index (χ1) is 10.5. The molecule has 2 aliphatic rings. The third-order valence-corrected chi connectivity index (χ3v) is 5.59. The Kier molecular flexibility index (Phi) is 5.27. The summed E-state index contributed by atoms with van der Waals surface area (Å²) in [6, 6.07) is -0.400. The number of ketones is 1. The third-order valence-electron chi connectivity index (χ3n) is 5.59. The van der Waals surface area contributed by atoms with Crippen LogP contribution in [0.15, 0.2) is 0 Å². The van der Waals surface area contributed by atoms with Crippen molar-refractivity contribution in [3.05, 3.63) is 0 Å². The number of hydrogen-bond acceptors (Lipinski definition) is 2. The topological polar surface area (TPSA) is 46.2 Å². The van der Waals surface area contributed by atoms with E-state index in [2.05, 4.69) is 5.32 Å². The first-order valence-electron chi connectivity index (χ1n) is 9.36. The molecule has 1 N–H and O–H groups in total. The van der Waals surface area contributed by atoms with Gasteiger partial charge in [0, 0.05) is 11.3 Å². The predicted molar refractivity (Wildman–Crippen MR) is 94.0 cm³/mol. The van der Waals surface area contributed by atoms with Gasteiger partial charge in [0.25, 0.3) is 0 Å². The molecule has 2 rings (SSSR count). The van der Waals surface area contributed by atoms with Crippen LogP contribution >= 0.6 is 0 Å². The molecule has 1 amide bonds. The van der Waals surface area contributed by atoms with Crippen molar-refractivity contribution < 1.29 is 9.59 Å². The van der Waals surface area contributed by atoms with Crippen molar-refractivity contribution in [1.82, 2.24) is 5.32 Å². The summed E-state index contributed by atoms with van der Waals surface area (Å²) in [5.74, 6) is 1.70. The van der Waals surface area contributed by atoms with Crippen molar-refractivity contribution in [2.45, 2.75) is 86.1 Å². The Labute approximate surface area is 142 Å². The van der Waals surface area contributed by atoms with Crippen molar-refractivity contribution in [2.24, 2.45) is 28.6 Å². The number of amides is 1. The second-order valence-electron chi connectivity index (χ2n) is 9.83. The largest absolute Gasteiger partial charge is 0.345 e. The SMILES string of the molecule is CC(C)(C)C(=O)[C@@H](NC(=O)[C@@H]1CC1C1CCCCC1)C(C)(C)C. The second-order valence-corrected chi connectivity index (χ2v) is 9.83. The Bertz CT molecular complexity index is 449. The molecule has 0 bridgehead atoms. The van der Waals surface area contributed by atoms with E-state index in [1.807, 2.05) is 41.5 Å². The molecule has 0 aromatic rings. The molecule has 2 fully saturated rings. The molecule has 3 heteroatoms. The quantitative estimate of drug-likeness (QED) is 0.836. The maximum absolute atomic E-state index is 12.8. The smallest absolute Gasteiger partial charge is 0.224 e. The molecular formula is C20H35NO2. The summed E-state index contributed by atoms with van der Waals surface area (Å²) < 4.78 is 0. The molecule has 1 unspecified atom stereocenters. The molecule has 3 nitrogen and oxygen atoms in total. The van der Waals surface area contributed by atoms with Gasteiger partial charge in [0.15, 0.2) is 5.78 Å². The average molecular weight is 322 g/mol. The van der Waals surface area contributed by atoms with Crippen molar-refractivity contribution >= 4 is 11.7 Å². The maximum Gasteiger partial charge on any atom is 0.224 e. The summed E-state index contributed by atoms with van der Waals surface area (Å²) in [5, 5.41) is 3.11. The van der Waals surface area contributed by atoms with E-state index in [4.69, 9.17) is 0 Å². The van der Waals surface area contributed by atoms with Crippen LogP contribution in [0.5, 0.6) is 0 Å². The Hall–Kier alpha value is -0.860. The van der Waals surface area contributed by atoms with Crippen LogP contribution in [0.4, 0.5) is 0 Å². The van der Waals surface area contributed by atoms with Crippen LogP contribution in [0.3, 0.4) is 0 Å². The predicted octanol–water partition coefficient (Wildman–Crippen LogP) is 4.35. The summed E-state index contributed by atoms with van der Waals surface area (Å²) in [7, 11) is 0. The van der Waals surface area contributed by atoms with Gasteiger partial charge in [-0.3, -0.25) is 9.59 Å². The van der Waals surface area contributed by atoms with E-state index in [-0.39, 0.29) is 23.0 Å². The van der Waals surface area contributed by atoms with Crippen LogP contribution in [0.1, 0.15) is 80.1 Å². The van der Waals surface area contributed by atoms with Crippen LogP contribution in [0.25, 0.3) is 0 Å². The van der Waals surface area contributed by atoms with Gasteiger partial charge in [0.2, 0.25) is 5.91 Å². The summed E-state index contributed by atoms with van der Waals surface area (Å²) in [6.07, 6.45) is 7.60. The van der Waals surface area contributed by atoms with Gasteiger partial charge < -0.3 is 5.32 Å². The van der Waals surface area contributed by atoms with E-state index >= 15 is 0 Å². The van der Waals surface area contributed by atoms with Gasteiger partial charge in [-0.1, -0.05) is 73.6 Å². The molecule has 3 atom stereocenters. The molecular weight excluding hydrogens is 286 g/mol.